The first kappa shape index (κ1) is 28.2. The zero-order chi connectivity index (χ0) is 19.0. The van der Waals surface area contributed by atoms with E-state index in [4.69, 9.17) is 20.4 Å². The van der Waals surface area contributed by atoms with E-state index >= 15 is 0 Å². The van der Waals surface area contributed by atoms with Crippen LogP contribution in [0.25, 0.3) is 0 Å². The molecule has 0 fully saturated rings. The monoisotopic (exact) mass is 640 g/mol. The Kier molecular flexibility index (Phi) is 19.4. The first-order valence-corrected chi connectivity index (χ1v) is 6.65. The molecule has 0 saturated carbocycles. The van der Waals surface area contributed by atoms with E-state index in [-0.39, 0.29) is 19.8 Å². The van der Waals surface area contributed by atoms with Crippen LogP contribution in [0.3, 0.4) is 0 Å². The van der Waals surface area contributed by atoms with Crippen molar-refractivity contribution >= 4 is 0 Å². The zero-order valence-corrected chi connectivity index (χ0v) is 19.8. The molecule has 0 spiro atoms. The predicted octanol–water partition coefficient (Wildman–Crippen LogP) is -0.280. The van der Waals surface area contributed by atoms with Crippen LogP contribution < -0.4 is 0 Å². The topological polar surface area (TPSA) is 109 Å². The molecule has 0 aliphatic carbocycles. The van der Waals surface area contributed by atoms with Crippen molar-refractivity contribution in [2.75, 3.05) is 52.9 Å². The summed E-state index contributed by atoms with van der Waals surface area (Å²) in [5.74, 6) is 0. The number of rotatable bonds is 13. The van der Waals surface area contributed by atoms with Gasteiger partial charge in [-0.15, -0.1) is 0 Å². The van der Waals surface area contributed by atoms with Gasteiger partial charge >= 0.3 is 6.11 Å². The maximum absolute atomic E-state index is 11.6. The molecule has 2 unspecified atom stereocenters. The van der Waals surface area contributed by atoms with Crippen molar-refractivity contribution in [2.45, 2.75) is 18.3 Å². The molecule has 0 aromatic heterocycles. The summed E-state index contributed by atoms with van der Waals surface area (Å²) in [4.78, 5) is 0. The molecule has 7 nitrogen and oxygen atoms in total. The molecule has 0 bridgehead atoms. The molecular weight excluding hydrogens is 618 g/mol. The summed E-state index contributed by atoms with van der Waals surface area (Å²) < 4.78 is 70.5. The number of alkyl halides is 3. The summed E-state index contributed by atoms with van der Waals surface area (Å²) in [5, 5.41) is 33.5. The maximum Gasteiger partial charge on any atom is 0.376 e. The Morgan fingerprint density at radius 2 is 1.48 bits per heavy atom. The normalized spacial score (nSPS) is 13.7. The summed E-state index contributed by atoms with van der Waals surface area (Å²) in [6.07, 6.45) is -7.91. The van der Waals surface area contributed by atoms with Crippen molar-refractivity contribution in [3.63, 3.8) is 0 Å². The van der Waals surface area contributed by atoms with Gasteiger partial charge in [-0.3, -0.25) is 0 Å². The number of halogens is 5. The van der Waals surface area contributed by atoms with Crippen molar-refractivity contribution in [2.24, 2.45) is 0 Å². The first-order valence-electron chi connectivity index (χ1n) is 6.65. The second-order valence-corrected chi connectivity index (χ2v) is 4.29. The van der Waals surface area contributed by atoms with Gasteiger partial charge in [0.05, 0.1) is 33.0 Å². The molecule has 150 valence electrons. The van der Waals surface area contributed by atoms with E-state index in [9.17, 15) is 22.0 Å². The average molecular weight is 640 g/mol. The minimum absolute atomic E-state index is 0. The van der Waals surface area contributed by atoms with Gasteiger partial charge in [0.15, 0.2) is 0 Å². The summed E-state index contributed by atoms with van der Waals surface area (Å²) in [7, 11) is 0. The molecular formula is C12H22F5O7Rf-. The van der Waals surface area contributed by atoms with Gasteiger partial charge in [-0.2, -0.15) is 8.78 Å². The Hall–Kier alpha value is -1.63. The van der Waals surface area contributed by atoms with Gasteiger partial charge in [0.1, 0.15) is 25.5 Å². The van der Waals surface area contributed by atoms with E-state index < -0.39 is 57.8 Å². The summed E-state index contributed by atoms with van der Waals surface area (Å²) >= 11 is 0. The number of hydrogen-bond donors (Lipinski definition) is 4. The second-order valence-electron chi connectivity index (χ2n) is 4.29. The number of ether oxygens (including phenoxy) is 3. The van der Waals surface area contributed by atoms with Gasteiger partial charge < -0.3 is 43.4 Å². The van der Waals surface area contributed by atoms with Crippen molar-refractivity contribution in [3.05, 3.63) is 6.43 Å². The van der Waals surface area contributed by atoms with Crippen molar-refractivity contribution in [1.82, 2.24) is 0 Å². The summed E-state index contributed by atoms with van der Waals surface area (Å²) in [6, 6.07) is 0. The Morgan fingerprint density at radius 3 is 1.92 bits per heavy atom. The predicted molar refractivity (Wildman–Crippen MR) is 70.2 cm³/mol. The fraction of sp³-hybridized carbons (Fsp3) is 0.917. The minimum atomic E-state index is -3.88. The molecule has 0 saturated heterocycles. The van der Waals surface area contributed by atoms with Crippen molar-refractivity contribution in [1.29, 1.82) is 0 Å². The van der Waals surface area contributed by atoms with Gasteiger partial charge in [0.25, 0.3) is 0 Å². The van der Waals surface area contributed by atoms with Crippen molar-refractivity contribution in [3.8, 4) is 0 Å². The maximum atomic E-state index is 11.6. The summed E-state index contributed by atoms with van der Waals surface area (Å²) in [6.45, 7) is -4.06. The van der Waals surface area contributed by atoms with E-state index in [1.165, 1.54) is 0 Å². The van der Waals surface area contributed by atoms with Gasteiger partial charge in [0, 0.05) is 6.43 Å². The van der Waals surface area contributed by atoms with E-state index in [1.807, 2.05) is 0 Å². The van der Waals surface area contributed by atoms with Crippen LogP contribution in [0.2, 0.25) is 0 Å². The number of aliphatic hydroxyl groups excluding tert-OH is 3. The smallest absolute Gasteiger partial charge is 0.376 e. The van der Waals surface area contributed by atoms with E-state index in [2.05, 4.69) is 14.2 Å². The Labute approximate surface area is 135 Å². The van der Waals surface area contributed by atoms with Crippen molar-refractivity contribution < 1.29 is 56.6 Å². The van der Waals surface area contributed by atoms with Gasteiger partial charge in [-0.05, 0) is 6.61 Å². The van der Waals surface area contributed by atoms with Crippen LogP contribution in [0.15, 0.2) is 0 Å². The molecule has 0 heterocycles. The molecule has 0 aromatic rings. The molecule has 0 aromatic carbocycles. The third kappa shape index (κ3) is 27.5. The molecule has 4 N–H and O–H groups in total. The molecule has 25 heavy (non-hydrogen) atoms. The standard InChI is InChI=1S/C7H12F3O3.C5H10F2O4.Rf/c8-1-2-12-3-6(11)4-13-5-7(9)10;6-5(7,10)3-11-2-4(9)1-8;/h6,11H,1-5H2;4,8-10H,1-3H2;/q-1;;. The quantitative estimate of drug-likeness (QED) is 0.125. The molecule has 0 amide bonds. The second kappa shape index (κ2) is 17.2. The summed E-state index contributed by atoms with van der Waals surface area (Å²) in [5.41, 5.74) is 0. The molecule has 0 radical (unpaired) electrons. The fourth-order valence-electron chi connectivity index (χ4n) is 0.965. The molecule has 0 aliphatic heterocycles. The van der Waals surface area contributed by atoms with Crippen LogP contribution in [0.4, 0.5) is 22.0 Å². The Balaban J connectivity index is -0.000000377. The first-order chi connectivity index (χ1) is 11.1. The molecule has 0 aliphatic rings. The third-order valence-corrected chi connectivity index (χ3v) is 1.85. The Bertz CT molecular complexity index is 275. The fourth-order valence-corrected chi connectivity index (χ4v) is 0.965. The van der Waals surface area contributed by atoms with Crippen LogP contribution >= 0.6 is 0 Å². The molecule has 13 heteroatoms. The zero-order valence-electron chi connectivity index (χ0n) is 13.4. The number of aliphatic hydroxyl groups is 4. The average Bonchev–Trinajstić information content (AvgIpc) is 2.46. The van der Waals surface area contributed by atoms with Crippen LogP contribution in [-0.4, -0.2) is 91.7 Å². The van der Waals surface area contributed by atoms with Gasteiger partial charge in [0.2, 0.25) is 0 Å². The number of hydrogen-bond acceptors (Lipinski definition) is 7. The van der Waals surface area contributed by atoms with E-state index in [1.54, 1.807) is 0 Å². The van der Waals surface area contributed by atoms with Gasteiger partial charge in [-0.25, -0.2) is 4.39 Å². The van der Waals surface area contributed by atoms with Crippen LogP contribution in [0.1, 0.15) is 0 Å². The third-order valence-electron chi connectivity index (χ3n) is 1.85. The van der Waals surface area contributed by atoms with Gasteiger partial charge in [-0.1, -0.05) is 0 Å². The van der Waals surface area contributed by atoms with E-state index in [0.29, 0.717) is 0 Å². The van der Waals surface area contributed by atoms with Crippen LogP contribution in [0.5, 0.6) is 0 Å². The Morgan fingerprint density at radius 1 is 0.960 bits per heavy atom. The molecule has 0 rings (SSSR count). The largest absolute Gasteiger partial charge is 0.419 e. The minimum Gasteiger partial charge on any atom is -0.419 e. The SMILES string of the molecule is OC(COCCF)COC[C-](F)F.OCC(O)COCC(O)(F)F.[Rf]. The van der Waals surface area contributed by atoms with Crippen LogP contribution in [-0.2, 0) is 14.2 Å². The van der Waals surface area contributed by atoms with E-state index in [0.717, 1.165) is 0 Å². The molecule has 2 atom stereocenters. The van der Waals surface area contributed by atoms with Crippen LogP contribution in [0, 0.1) is 6.43 Å².